The average molecular weight is 365 g/mol. The number of para-hydroxylation sites is 1. The van der Waals surface area contributed by atoms with Crippen molar-refractivity contribution in [3.05, 3.63) is 60.2 Å². The van der Waals surface area contributed by atoms with Crippen LogP contribution >= 0.6 is 0 Å². The second kappa shape index (κ2) is 7.70. The van der Waals surface area contributed by atoms with Crippen molar-refractivity contribution in [3.63, 3.8) is 0 Å². The predicted octanol–water partition coefficient (Wildman–Crippen LogP) is 2.54. The second-order valence-electron chi connectivity index (χ2n) is 6.72. The Morgan fingerprint density at radius 1 is 1.07 bits per heavy atom. The van der Waals surface area contributed by atoms with Gasteiger partial charge in [0.25, 0.3) is 5.91 Å². The number of piperazine rings is 1. The number of methoxy groups -OCH3 is 1. The molecule has 6 heteroatoms. The Bertz CT molecular complexity index is 830. The molecule has 2 aromatic carbocycles. The monoisotopic (exact) mass is 365 g/mol. The largest absolute Gasteiger partial charge is 0.497 e. The molecule has 0 spiro atoms. The van der Waals surface area contributed by atoms with Gasteiger partial charge < -0.3 is 19.4 Å². The molecule has 0 aromatic heterocycles. The molecule has 0 unspecified atom stereocenters. The molecule has 0 N–H and O–H groups in total. The predicted molar refractivity (Wildman–Crippen MR) is 104 cm³/mol. The lowest BCUT2D eigenvalue weighted by molar-refractivity contribution is -0.142. The average Bonchev–Trinajstić information content (AvgIpc) is 3.24. The Morgan fingerprint density at radius 3 is 2.59 bits per heavy atom. The summed E-state index contributed by atoms with van der Waals surface area (Å²) in [5.41, 5.74) is 2.92. The molecule has 6 nitrogen and oxygen atoms in total. The molecular formula is C21H23N3O3. The Kier molecular flexibility index (Phi) is 4.96. The van der Waals surface area contributed by atoms with Gasteiger partial charge in [-0.05, 0) is 24.3 Å². The summed E-state index contributed by atoms with van der Waals surface area (Å²) in [7, 11) is 1.63. The van der Waals surface area contributed by atoms with Crippen molar-refractivity contribution in [2.75, 3.05) is 38.2 Å². The lowest BCUT2D eigenvalue weighted by atomic mass is 10.0. The first-order valence-electron chi connectivity index (χ1n) is 9.20. The molecule has 2 aliphatic rings. The van der Waals surface area contributed by atoms with Crippen LogP contribution in [0.15, 0.2) is 59.8 Å². The fraction of sp³-hybridized carbons (Fsp3) is 0.333. The molecule has 1 saturated heterocycles. The molecule has 1 atom stereocenters. The normalized spacial score (nSPS) is 19.4. The quantitative estimate of drug-likeness (QED) is 0.836. The zero-order valence-corrected chi connectivity index (χ0v) is 15.4. The van der Waals surface area contributed by atoms with Gasteiger partial charge in [0.05, 0.1) is 12.8 Å². The smallest absolute Gasteiger partial charge is 0.267 e. The van der Waals surface area contributed by atoms with Crippen LogP contribution in [0.1, 0.15) is 12.0 Å². The second-order valence-corrected chi connectivity index (χ2v) is 6.72. The fourth-order valence-electron chi connectivity index (χ4n) is 3.51. The fourth-order valence-corrected chi connectivity index (χ4v) is 3.51. The lowest BCUT2D eigenvalue weighted by Crippen LogP contribution is -2.51. The SMILES string of the molecule is COc1cccc(C2=NO[C@@H](C(=O)N3CCN(c4ccccc4)CC3)C2)c1. The van der Waals surface area contributed by atoms with E-state index in [1.807, 2.05) is 47.4 Å². The van der Waals surface area contributed by atoms with Gasteiger partial charge in [0.1, 0.15) is 5.75 Å². The molecule has 0 aliphatic carbocycles. The first kappa shape index (κ1) is 17.4. The van der Waals surface area contributed by atoms with Crippen LogP contribution in [-0.2, 0) is 9.63 Å². The zero-order valence-electron chi connectivity index (χ0n) is 15.4. The molecule has 140 valence electrons. The van der Waals surface area contributed by atoms with Gasteiger partial charge in [-0.1, -0.05) is 35.5 Å². The molecule has 0 bridgehead atoms. The van der Waals surface area contributed by atoms with Crippen LogP contribution in [0.5, 0.6) is 5.75 Å². The minimum atomic E-state index is -0.533. The maximum absolute atomic E-state index is 12.8. The van der Waals surface area contributed by atoms with Crippen molar-refractivity contribution >= 4 is 17.3 Å². The summed E-state index contributed by atoms with van der Waals surface area (Å²) in [5.74, 6) is 0.784. The van der Waals surface area contributed by atoms with E-state index in [1.165, 1.54) is 5.69 Å². The van der Waals surface area contributed by atoms with Gasteiger partial charge in [-0.2, -0.15) is 0 Å². The van der Waals surface area contributed by atoms with E-state index in [4.69, 9.17) is 9.57 Å². The molecule has 0 saturated carbocycles. The molecule has 2 heterocycles. The first-order valence-corrected chi connectivity index (χ1v) is 9.20. The van der Waals surface area contributed by atoms with Crippen LogP contribution in [0.2, 0.25) is 0 Å². The summed E-state index contributed by atoms with van der Waals surface area (Å²) in [6.07, 6.45) is -0.0419. The third-order valence-electron chi connectivity index (χ3n) is 5.06. The summed E-state index contributed by atoms with van der Waals surface area (Å²) < 4.78 is 5.25. The Hall–Kier alpha value is -3.02. The van der Waals surface area contributed by atoms with Crippen molar-refractivity contribution in [2.24, 2.45) is 5.16 Å². The number of carbonyl (C=O) groups excluding carboxylic acids is 1. The van der Waals surface area contributed by atoms with E-state index in [0.717, 1.165) is 30.1 Å². The van der Waals surface area contributed by atoms with Crippen LogP contribution in [0, 0.1) is 0 Å². The van der Waals surface area contributed by atoms with Crippen molar-refractivity contribution in [2.45, 2.75) is 12.5 Å². The number of anilines is 1. The van der Waals surface area contributed by atoms with E-state index in [1.54, 1.807) is 7.11 Å². The van der Waals surface area contributed by atoms with E-state index >= 15 is 0 Å². The Labute approximate surface area is 159 Å². The molecule has 1 fully saturated rings. The summed E-state index contributed by atoms with van der Waals surface area (Å²) in [6, 6.07) is 18.0. The number of hydrogen-bond donors (Lipinski definition) is 0. The summed E-state index contributed by atoms with van der Waals surface area (Å²) in [6.45, 7) is 3.04. The van der Waals surface area contributed by atoms with Gasteiger partial charge in [0.2, 0.25) is 6.10 Å². The van der Waals surface area contributed by atoms with Crippen LogP contribution in [0.4, 0.5) is 5.69 Å². The van der Waals surface area contributed by atoms with Crippen molar-refractivity contribution in [3.8, 4) is 5.75 Å². The van der Waals surface area contributed by atoms with Crippen LogP contribution in [0.25, 0.3) is 0 Å². The number of amides is 1. The van der Waals surface area contributed by atoms with Crippen LogP contribution in [-0.4, -0.2) is 55.9 Å². The number of nitrogens with zero attached hydrogens (tertiary/aromatic N) is 3. The molecular weight excluding hydrogens is 342 g/mol. The van der Waals surface area contributed by atoms with Crippen molar-refractivity contribution < 1.29 is 14.4 Å². The highest BCUT2D eigenvalue weighted by Gasteiger charge is 2.33. The van der Waals surface area contributed by atoms with Gasteiger partial charge >= 0.3 is 0 Å². The molecule has 0 radical (unpaired) electrons. The van der Waals surface area contributed by atoms with Gasteiger partial charge in [-0.25, -0.2) is 0 Å². The van der Waals surface area contributed by atoms with E-state index in [9.17, 15) is 4.79 Å². The van der Waals surface area contributed by atoms with Crippen LogP contribution in [0.3, 0.4) is 0 Å². The topological polar surface area (TPSA) is 54.4 Å². The molecule has 2 aromatic rings. The highest BCUT2D eigenvalue weighted by Crippen LogP contribution is 2.22. The first-order chi connectivity index (χ1) is 13.2. The van der Waals surface area contributed by atoms with Crippen LogP contribution < -0.4 is 9.64 Å². The summed E-state index contributed by atoms with van der Waals surface area (Å²) in [5, 5.41) is 4.14. The number of rotatable bonds is 4. The van der Waals surface area contributed by atoms with Crippen molar-refractivity contribution in [1.82, 2.24) is 4.90 Å². The third kappa shape index (κ3) is 3.74. The lowest BCUT2D eigenvalue weighted by Gasteiger charge is -2.36. The van der Waals surface area contributed by atoms with Gasteiger partial charge in [0, 0.05) is 43.9 Å². The number of benzene rings is 2. The maximum atomic E-state index is 12.8. The number of oxime groups is 1. The Balaban J connectivity index is 1.34. The van der Waals surface area contributed by atoms with Crippen molar-refractivity contribution in [1.29, 1.82) is 0 Å². The van der Waals surface area contributed by atoms with Gasteiger partial charge in [0.15, 0.2) is 0 Å². The summed E-state index contributed by atoms with van der Waals surface area (Å²) in [4.78, 5) is 22.5. The highest BCUT2D eigenvalue weighted by molar-refractivity contribution is 6.04. The summed E-state index contributed by atoms with van der Waals surface area (Å²) >= 11 is 0. The molecule has 1 amide bonds. The Morgan fingerprint density at radius 2 is 1.85 bits per heavy atom. The zero-order chi connectivity index (χ0) is 18.6. The standard InChI is InChI=1S/C21H23N3O3/c1-26-18-9-5-6-16(14-18)19-15-20(27-22-19)21(25)24-12-10-23(11-13-24)17-7-3-2-4-8-17/h2-9,14,20H,10-13,15H2,1H3/t20-/m1/s1. The highest BCUT2D eigenvalue weighted by atomic mass is 16.6. The maximum Gasteiger partial charge on any atom is 0.267 e. The third-order valence-corrected chi connectivity index (χ3v) is 5.06. The number of hydrogen-bond acceptors (Lipinski definition) is 5. The minimum Gasteiger partial charge on any atom is -0.497 e. The van der Waals surface area contributed by atoms with E-state index < -0.39 is 6.10 Å². The molecule has 27 heavy (non-hydrogen) atoms. The van der Waals surface area contributed by atoms with E-state index in [-0.39, 0.29) is 5.91 Å². The van der Waals surface area contributed by atoms with Gasteiger partial charge in [-0.3, -0.25) is 4.79 Å². The molecule has 4 rings (SSSR count). The van der Waals surface area contributed by atoms with E-state index in [0.29, 0.717) is 19.5 Å². The number of ether oxygens (including phenoxy) is 1. The molecule has 2 aliphatic heterocycles. The van der Waals surface area contributed by atoms with E-state index in [2.05, 4.69) is 22.2 Å². The number of carbonyl (C=O) groups is 1. The van der Waals surface area contributed by atoms with Gasteiger partial charge in [-0.15, -0.1) is 0 Å². The minimum absolute atomic E-state index is 0.0179.